The summed E-state index contributed by atoms with van der Waals surface area (Å²) in [6, 6.07) is 29.4. The van der Waals surface area contributed by atoms with E-state index < -0.39 is 17.1 Å². The van der Waals surface area contributed by atoms with Gasteiger partial charge in [0.2, 0.25) is 5.72 Å². The molecule has 0 saturated heterocycles. The van der Waals surface area contributed by atoms with E-state index in [1.54, 1.807) is 6.20 Å². The molecule has 1 aromatic heterocycles. The SMILES string of the molecule is C=CC(=O)OCCCCCCCCCCCOc1ccc(-c2ccc(C(=O)Oc3ccc4c(c3)C(C)(C)C3(CNc5c(ccc6ncccc56)O3)N4C)cc2)cc1. The number of hydrogen-bond acceptors (Lipinski definition) is 9. The fraction of sp³-hybridized carbons (Fsp3) is 0.354. The van der Waals surface area contributed by atoms with Gasteiger partial charge in [-0.3, -0.25) is 4.98 Å². The molecule has 2 aliphatic heterocycles. The van der Waals surface area contributed by atoms with Gasteiger partial charge in [0.25, 0.3) is 0 Å². The second-order valence-electron chi connectivity index (χ2n) is 15.5. The molecule has 9 nitrogen and oxygen atoms in total. The number of nitrogens with zero attached hydrogens (tertiary/aromatic N) is 2. The Kier molecular flexibility index (Phi) is 12.1. The quantitative estimate of drug-likeness (QED) is 0.0429. The van der Waals surface area contributed by atoms with Crippen molar-refractivity contribution >= 4 is 34.2 Å². The number of likely N-dealkylation sites (N-methyl/N-ethyl adjacent to an activating group) is 1. The van der Waals surface area contributed by atoms with Crippen molar-refractivity contribution in [3.63, 3.8) is 0 Å². The summed E-state index contributed by atoms with van der Waals surface area (Å²) in [6.45, 7) is 9.51. The molecular weight excluding hydrogens is 715 g/mol. The molecule has 0 bridgehead atoms. The number of ether oxygens (including phenoxy) is 4. The minimum atomic E-state index is -0.698. The Balaban J connectivity index is 0.865. The van der Waals surface area contributed by atoms with E-state index in [0.29, 0.717) is 31.1 Å². The van der Waals surface area contributed by atoms with Crippen LogP contribution in [0.25, 0.3) is 22.0 Å². The average Bonchev–Trinajstić information content (AvgIpc) is 3.39. The van der Waals surface area contributed by atoms with Crippen LogP contribution in [0.4, 0.5) is 11.4 Å². The van der Waals surface area contributed by atoms with E-state index in [2.05, 4.69) is 48.7 Å². The summed E-state index contributed by atoms with van der Waals surface area (Å²) in [5.41, 5.74) is 5.34. The van der Waals surface area contributed by atoms with Crippen molar-refractivity contribution in [2.24, 2.45) is 0 Å². The standard InChI is InChI=1S/C48H53N3O6/c1-5-44(52)55-31-14-12-10-8-6-7-9-11-13-30-54-37-23-21-35(22-24-37)34-17-19-36(20-18-34)46(53)56-38-25-27-42-40(32-38)47(2,3)48(51(42)4)33-50-45-39-16-15-29-49-41(39)26-28-43(45)57-48/h5,15-29,32,50H,1,6-14,30-31,33H2,2-4H3. The molecule has 0 saturated carbocycles. The van der Waals surface area contributed by atoms with Crippen molar-refractivity contribution in [2.75, 3.05) is 37.0 Å². The predicted octanol–water partition coefficient (Wildman–Crippen LogP) is 10.7. The van der Waals surface area contributed by atoms with Crippen LogP contribution in [0.2, 0.25) is 0 Å². The van der Waals surface area contributed by atoms with Gasteiger partial charge in [-0.05, 0) is 110 Å². The first-order valence-corrected chi connectivity index (χ1v) is 20.2. The Labute approximate surface area is 336 Å². The number of carbonyl (C=O) groups is 2. The van der Waals surface area contributed by atoms with Crippen molar-refractivity contribution in [1.82, 2.24) is 4.98 Å². The van der Waals surface area contributed by atoms with Crippen LogP contribution in [-0.2, 0) is 14.9 Å². The molecule has 1 unspecified atom stereocenters. The normalized spacial score (nSPS) is 16.3. The number of aromatic nitrogens is 1. The van der Waals surface area contributed by atoms with Gasteiger partial charge in [-0.25, -0.2) is 9.59 Å². The lowest BCUT2D eigenvalue weighted by atomic mass is 9.76. The Morgan fingerprint density at radius 1 is 0.825 bits per heavy atom. The minimum Gasteiger partial charge on any atom is -0.494 e. The summed E-state index contributed by atoms with van der Waals surface area (Å²) >= 11 is 0. The highest BCUT2D eigenvalue weighted by Gasteiger charge is 2.59. The number of carbonyl (C=O) groups excluding carboxylic acids is 2. The van der Waals surface area contributed by atoms with Gasteiger partial charge < -0.3 is 29.2 Å². The molecule has 0 fully saturated rings. The van der Waals surface area contributed by atoms with Gasteiger partial charge in [0.05, 0.1) is 41.9 Å². The average molecular weight is 768 g/mol. The molecule has 296 valence electrons. The maximum Gasteiger partial charge on any atom is 0.343 e. The maximum atomic E-state index is 13.4. The zero-order valence-corrected chi connectivity index (χ0v) is 33.4. The summed E-state index contributed by atoms with van der Waals surface area (Å²) in [4.78, 5) is 31.1. The number of rotatable bonds is 17. The highest BCUT2D eigenvalue weighted by atomic mass is 16.5. The van der Waals surface area contributed by atoms with E-state index in [-0.39, 0.29) is 5.97 Å². The fourth-order valence-corrected chi connectivity index (χ4v) is 8.13. The largest absolute Gasteiger partial charge is 0.494 e. The number of anilines is 2. The van der Waals surface area contributed by atoms with E-state index in [4.69, 9.17) is 18.9 Å². The second-order valence-corrected chi connectivity index (χ2v) is 15.5. The number of pyridine rings is 1. The Bertz CT molecular complexity index is 2200. The molecule has 0 aliphatic carbocycles. The number of unbranched alkanes of at least 4 members (excludes halogenated alkanes) is 8. The van der Waals surface area contributed by atoms with Crippen LogP contribution < -0.4 is 24.4 Å². The van der Waals surface area contributed by atoms with Gasteiger partial charge >= 0.3 is 11.9 Å². The molecule has 2 aliphatic rings. The van der Waals surface area contributed by atoms with Crippen LogP contribution in [-0.4, -0.2) is 49.5 Å². The third kappa shape index (κ3) is 8.48. The van der Waals surface area contributed by atoms with Crippen LogP contribution in [0.5, 0.6) is 17.2 Å². The van der Waals surface area contributed by atoms with E-state index in [0.717, 1.165) is 76.2 Å². The third-order valence-electron chi connectivity index (χ3n) is 11.5. The van der Waals surface area contributed by atoms with Crippen LogP contribution in [0.15, 0.2) is 110 Å². The van der Waals surface area contributed by atoms with Gasteiger partial charge in [0, 0.05) is 30.4 Å². The summed E-state index contributed by atoms with van der Waals surface area (Å²) in [6.07, 6.45) is 13.3. The number of nitrogens with one attached hydrogen (secondary N) is 1. The zero-order chi connectivity index (χ0) is 39.8. The first kappa shape index (κ1) is 39.4. The topological polar surface area (TPSA) is 99.2 Å². The van der Waals surface area contributed by atoms with Crippen LogP contribution in [0.3, 0.4) is 0 Å². The Morgan fingerprint density at radius 2 is 1.47 bits per heavy atom. The molecule has 9 heteroatoms. The van der Waals surface area contributed by atoms with Crippen molar-refractivity contribution in [3.05, 3.63) is 121 Å². The number of fused-ring (bicyclic) bond motifs is 4. The molecule has 1 atom stereocenters. The molecule has 4 aromatic carbocycles. The van der Waals surface area contributed by atoms with Gasteiger partial charge in [0.1, 0.15) is 17.2 Å². The molecule has 1 N–H and O–H groups in total. The zero-order valence-electron chi connectivity index (χ0n) is 33.4. The monoisotopic (exact) mass is 767 g/mol. The molecule has 57 heavy (non-hydrogen) atoms. The van der Waals surface area contributed by atoms with Crippen LogP contribution in [0.1, 0.15) is 87.6 Å². The molecule has 3 heterocycles. The van der Waals surface area contributed by atoms with Crippen molar-refractivity contribution in [2.45, 2.75) is 82.8 Å². The summed E-state index contributed by atoms with van der Waals surface area (Å²) in [5, 5.41) is 4.70. The lowest BCUT2D eigenvalue weighted by molar-refractivity contribution is -0.137. The van der Waals surface area contributed by atoms with Crippen molar-refractivity contribution in [3.8, 4) is 28.4 Å². The predicted molar refractivity (Wildman–Crippen MR) is 227 cm³/mol. The number of benzene rings is 4. The fourth-order valence-electron chi connectivity index (χ4n) is 8.13. The smallest absolute Gasteiger partial charge is 0.343 e. The molecular formula is C48H53N3O6. The van der Waals surface area contributed by atoms with E-state index in [9.17, 15) is 9.59 Å². The highest BCUT2D eigenvalue weighted by molar-refractivity contribution is 5.95. The van der Waals surface area contributed by atoms with E-state index >= 15 is 0 Å². The van der Waals surface area contributed by atoms with Crippen molar-refractivity contribution < 1.29 is 28.5 Å². The summed E-state index contributed by atoms with van der Waals surface area (Å²) in [7, 11) is 2.06. The van der Waals surface area contributed by atoms with Gasteiger partial charge in [0.15, 0.2) is 0 Å². The van der Waals surface area contributed by atoms with Gasteiger partial charge in [-0.2, -0.15) is 0 Å². The van der Waals surface area contributed by atoms with Crippen LogP contribution in [0, 0.1) is 0 Å². The number of hydrogen-bond donors (Lipinski definition) is 1. The molecule has 1 spiro atoms. The lowest BCUT2D eigenvalue weighted by Crippen LogP contribution is -2.64. The Morgan fingerprint density at radius 3 is 2.18 bits per heavy atom. The summed E-state index contributed by atoms with van der Waals surface area (Å²) < 4.78 is 23.9. The lowest BCUT2D eigenvalue weighted by Gasteiger charge is -2.49. The van der Waals surface area contributed by atoms with Gasteiger partial charge in [-0.15, -0.1) is 0 Å². The maximum absolute atomic E-state index is 13.4. The molecule has 7 rings (SSSR count). The van der Waals surface area contributed by atoms with Crippen molar-refractivity contribution in [1.29, 1.82) is 0 Å². The summed E-state index contributed by atoms with van der Waals surface area (Å²) in [5.74, 6) is 1.39. The molecule has 5 aromatic rings. The van der Waals surface area contributed by atoms with E-state index in [1.807, 2.05) is 84.9 Å². The van der Waals surface area contributed by atoms with Gasteiger partial charge in [-0.1, -0.05) is 75.8 Å². The van der Waals surface area contributed by atoms with E-state index in [1.165, 1.54) is 38.2 Å². The van der Waals surface area contributed by atoms with Crippen LogP contribution >= 0.6 is 0 Å². The second kappa shape index (κ2) is 17.5. The number of esters is 2. The first-order chi connectivity index (χ1) is 27.7. The third-order valence-corrected chi connectivity index (χ3v) is 11.5. The first-order valence-electron chi connectivity index (χ1n) is 20.2. The Hall–Kier alpha value is -5.83. The molecule has 0 amide bonds. The molecule has 0 radical (unpaired) electrons. The minimum absolute atomic E-state index is 0.340. The highest BCUT2D eigenvalue weighted by Crippen LogP contribution is 2.55.